The molecule has 0 aliphatic rings. The Kier molecular flexibility index (Phi) is 3.94. The molecule has 1 N–H and O–H groups in total. The first-order valence-corrected chi connectivity index (χ1v) is 7.35. The summed E-state index contributed by atoms with van der Waals surface area (Å²) in [5.74, 6) is 0.859. The fourth-order valence-corrected chi connectivity index (χ4v) is 2.63. The van der Waals surface area contributed by atoms with Crippen LogP contribution in [0.15, 0.2) is 36.5 Å². The van der Waals surface area contributed by atoms with Crippen molar-refractivity contribution in [3.63, 3.8) is 0 Å². The highest BCUT2D eigenvalue weighted by molar-refractivity contribution is 7.71. The monoisotopic (exact) mass is 319 g/mol. The number of aromatic nitrogens is 3. The molecule has 0 unspecified atom stereocenters. The predicted octanol–water partition coefficient (Wildman–Crippen LogP) is 4.13. The fraction of sp³-hybridized carbons (Fsp3) is 0.200. The van der Waals surface area contributed by atoms with E-state index in [0.29, 0.717) is 22.9 Å². The van der Waals surface area contributed by atoms with Crippen LogP contribution in [0.1, 0.15) is 5.56 Å². The van der Waals surface area contributed by atoms with E-state index in [1.54, 1.807) is 6.20 Å². The lowest BCUT2D eigenvalue weighted by Crippen LogP contribution is -2.08. The van der Waals surface area contributed by atoms with Crippen molar-refractivity contribution in [3.05, 3.63) is 51.9 Å². The number of halogens is 1. The Bertz CT molecular complexity index is 840. The highest BCUT2D eigenvalue weighted by Crippen LogP contribution is 2.17. The van der Waals surface area contributed by atoms with Gasteiger partial charge in [0.25, 0.3) is 0 Å². The third-order valence-corrected chi connectivity index (χ3v) is 3.68. The molecule has 0 saturated carbocycles. The van der Waals surface area contributed by atoms with Crippen LogP contribution in [0.4, 0.5) is 0 Å². The molecule has 0 aliphatic carbocycles. The Morgan fingerprint density at radius 1 is 1.38 bits per heavy atom. The van der Waals surface area contributed by atoms with Gasteiger partial charge < -0.3 is 9.72 Å². The van der Waals surface area contributed by atoms with Crippen molar-refractivity contribution in [2.24, 2.45) is 0 Å². The van der Waals surface area contributed by atoms with Crippen molar-refractivity contribution in [2.45, 2.75) is 13.5 Å². The van der Waals surface area contributed by atoms with Crippen LogP contribution in [0.5, 0.6) is 5.75 Å². The van der Waals surface area contributed by atoms with Gasteiger partial charge in [0.15, 0.2) is 10.4 Å². The molecule has 0 radical (unpaired) electrons. The van der Waals surface area contributed by atoms with E-state index in [2.05, 4.69) is 9.97 Å². The van der Waals surface area contributed by atoms with E-state index in [0.717, 1.165) is 16.9 Å². The molecular weight excluding hydrogens is 306 g/mol. The van der Waals surface area contributed by atoms with Crippen LogP contribution in [0.25, 0.3) is 11.2 Å². The van der Waals surface area contributed by atoms with E-state index in [9.17, 15) is 0 Å². The van der Waals surface area contributed by atoms with Crippen LogP contribution in [-0.2, 0) is 6.54 Å². The van der Waals surface area contributed by atoms with Crippen molar-refractivity contribution < 1.29 is 4.74 Å². The van der Waals surface area contributed by atoms with E-state index in [1.807, 2.05) is 41.8 Å². The molecule has 6 heteroatoms. The zero-order chi connectivity index (χ0) is 14.8. The van der Waals surface area contributed by atoms with Gasteiger partial charge in [-0.3, -0.25) is 4.57 Å². The van der Waals surface area contributed by atoms with Gasteiger partial charge in [0.1, 0.15) is 12.4 Å². The number of benzene rings is 1. The average Bonchev–Trinajstić information content (AvgIpc) is 2.74. The zero-order valence-corrected chi connectivity index (χ0v) is 13.0. The van der Waals surface area contributed by atoms with Gasteiger partial charge in [-0.05, 0) is 42.9 Å². The summed E-state index contributed by atoms with van der Waals surface area (Å²) in [5.41, 5.74) is 2.80. The zero-order valence-electron chi connectivity index (χ0n) is 11.5. The van der Waals surface area contributed by atoms with E-state index in [-0.39, 0.29) is 0 Å². The molecule has 0 atom stereocenters. The lowest BCUT2D eigenvalue weighted by molar-refractivity contribution is 0.299. The van der Waals surface area contributed by atoms with Gasteiger partial charge in [-0.25, -0.2) is 4.98 Å². The minimum absolute atomic E-state index is 0.523. The van der Waals surface area contributed by atoms with Crippen molar-refractivity contribution >= 4 is 35.0 Å². The first-order chi connectivity index (χ1) is 10.1. The summed E-state index contributed by atoms with van der Waals surface area (Å²) >= 11 is 11.2. The van der Waals surface area contributed by atoms with E-state index >= 15 is 0 Å². The number of rotatable bonds is 4. The van der Waals surface area contributed by atoms with Gasteiger partial charge in [-0.15, -0.1) is 0 Å². The van der Waals surface area contributed by atoms with Crippen LogP contribution in [-0.4, -0.2) is 21.1 Å². The second-order valence-corrected chi connectivity index (χ2v) is 5.59. The number of fused-ring (bicyclic) bond motifs is 1. The van der Waals surface area contributed by atoms with Gasteiger partial charge >= 0.3 is 0 Å². The second kappa shape index (κ2) is 5.87. The normalized spacial score (nSPS) is 11.0. The summed E-state index contributed by atoms with van der Waals surface area (Å²) in [6.45, 7) is 3.19. The summed E-state index contributed by atoms with van der Waals surface area (Å²) in [5, 5.41) is 0.585. The molecule has 0 spiro atoms. The highest BCUT2D eigenvalue weighted by Gasteiger charge is 2.06. The number of pyridine rings is 1. The third kappa shape index (κ3) is 3.09. The lowest BCUT2D eigenvalue weighted by Gasteiger charge is -2.08. The van der Waals surface area contributed by atoms with Crippen LogP contribution >= 0.6 is 23.8 Å². The maximum absolute atomic E-state index is 5.93. The quantitative estimate of drug-likeness (QED) is 0.735. The van der Waals surface area contributed by atoms with Gasteiger partial charge in [-0.1, -0.05) is 23.7 Å². The highest BCUT2D eigenvalue weighted by atomic mass is 35.5. The Labute approximate surface area is 132 Å². The Morgan fingerprint density at radius 3 is 3.05 bits per heavy atom. The average molecular weight is 320 g/mol. The molecule has 4 nitrogen and oxygen atoms in total. The number of H-pyrrole nitrogens is 1. The smallest absolute Gasteiger partial charge is 0.179 e. The summed E-state index contributed by atoms with van der Waals surface area (Å²) in [6, 6.07) is 9.78. The number of aromatic amines is 1. The molecule has 1 aromatic carbocycles. The summed E-state index contributed by atoms with van der Waals surface area (Å²) in [4.78, 5) is 7.42. The van der Waals surface area contributed by atoms with Crippen molar-refractivity contribution in [3.8, 4) is 5.75 Å². The number of ether oxygens (including phenoxy) is 1. The van der Waals surface area contributed by atoms with Crippen molar-refractivity contribution in [1.29, 1.82) is 0 Å². The van der Waals surface area contributed by atoms with Crippen LogP contribution in [0, 0.1) is 11.7 Å². The summed E-state index contributed by atoms with van der Waals surface area (Å²) in [7, 11) is 0. The maximum Gasteiger partial charge on any atom is 0.179 e. The molecular formula is C15H14ClN3OS. The Hall–Kier alpha value is -1.85. The molecule has 0 saturated heterocycles. The van der Waals surface area contributed by atoms with Gasteiger partial charge in [0, 0.05) is 6.20 Å². The number of hydrogen-bond acceptors (Lipinski definition) is 3. The number of nitrogens with zero attached hydrogens (tertiary/aromatic N) is 2. The standard InChI is InChI=1S/C15H14ClN3OS/c1-10-3-2-4-12(7-10)20-6-5-19-14-13(18-15(19)21)8-11(16)9-17-14/h2-4,7-9H,5-6H2,1H3,(H,18,21). The maximum atomic E-state index is 5.93. The Morgan fingerprint density at radius 2 is 2.24 bits per heavy atom. The number of hydrogen-bond donors (Lipinski definition) is 1. The molecule has 3 aromatic rings. The third-order valence-electron chi connectivity index (χ3n) is 3.15. The molecule has 21 heavy (non-hydrogen) atoms. The van der Waals surface area contributed by atoms with E-state index < -0.39 is 0 Å². The molecule has 0 amide bonds. The first kappa shape index (κ1) is 14.1. The minimum Gasteiger partial charge on any atom is -0.492 e. The summed E-state index contributed by atoms with van der Waals surface area (Å²) in [6.07, 6.45) is 1.62. The van der Waals surface area contributed by atoms with Crippen LogP contribution in [0.2, 0.25) is 5.02 Å². The predicted molar refractivity (Wildman–Crippen MR) is 86.6 cm³/mol. The van der Waals surface area contributed by atoms with Crippen LogP contribution in [0.3, 0.4) is 0 Å². The summed E-state index contributed by atoms with van der Waals surface area (Å²) < 4.78 is 8.28. The topological polar surface area (TPSA) is 42.8 Å². The lowest BCUT2D eigenvalue weighted by atomic mass is 10.2. The van der Waals surface area contributed by atoms with E-state index in [1.165, 1.54) is 5.56 Å². The number of aryl methyl sites for hydroxylation is 1. The first-order valence-electron chi connectivity index (χ1n) is 6.57. The van der Waals surface area contributed by atoms with Gasteiger partial charge in [0.2, 0.25) is 0 Å². The molecule has 0 fully saturated rings. The van der Waals surface area contributed by atoms with Gasteiger partial charge in [-0.2, -0.15) is 0 Å². The molecule has 0 aliphatic heterocycles. The van der Waals surface area contributed by atoms with E-state index in [4.69, 9.17) is 28.6 Å². The molecule has 108 valence electrons. The number of nitrogens with one attached hydrogen (secondary N) is 1. The van der Waals surface area contributed by atoms with Crippen molar-refractivity contribution in [1.82, 2.24) is 14.5 Å². The SMILES string of the molecule is Cc1cccc(OCCn2c(=S)[nH]c3cc(Cl)cnc32)c1. The minimum atomic E-state index is 0.523. The van der Waals surface area contributed by atoms with Gasteiger partial charge in [0.05, 0.1) is 17.1 Å². The Balaban J connectivity index is 1.76. The molecule has 3 rings (SSSR count). The van der Waals surface area contributed by atoms with Crippen LogP contribution < -0.4 is 4.74 Å². The molecule has 0 bridgehead atoms. The largest absolute Gasteiger partial charge is 0.492 e. The second-order valence-electron chi connectivity index (χ2n) is 4.77. The molecule has 2 heterocycles. The fourth-order valence-electron chi connectivity index (χ4n) is 2.19. The molecule has 2 aromatic heterocycles. The number of imidazole rings is 1. The van der Waals surface area contributed by atoms with Crippen molar-refractivity contribution in [2.75, 3.05) is 6.61 Å².